The number of anilines is 4. The van der Waals surface area contributed by atoms with Gasteiger partial charge in [0, 0.05) is 11.4 Å². The maximum atomic E-state index is 3.46. The molecule has 0 aliphatic carbocycles. The van der Waals surface area contributed by atoms with Gasteiger partial charge in [-0.25, -0.2) is 0 Å². The van der Waals surface area contributed by atoms with Crippen molar-refractivity contribution < 1.29 is 0 Å². The van der Waals surface area contributed by atoms with E-state index in [0.29, 0.717) is 0 Å². The van der Waals surface area contributed by atoms with Crippen LogP contribution in [0.2, 0.25) is 0 Å². The van der Waals surface area contributed by atoms with E-state index in [1.807, 2.05) is 0 Å². The zero-order valence-electron chi connectivity index (χ0n) is 11.5. The summed E-state index contributed by atoms with van der Waals surface area (Å²) in [6.45, 7) is 6.34. The van der Waals surface area contributed by atoms with Crippen LogP contribution in [0, 0.1) is 6.92 Å². The average molecular weight is 253 g/mol. The van der Waals surface area contributed by atoms with Gasteiger partial charge in [-0.15, -0.1) is 0 Å². The van der Waals surface area contributed by atoms with Crippen molar-refractivity contribution in [1.29, 1.82) is 0 Å². The molecule has 2 aromatic carbocycles. The highest BCUT2D eigenvalue weighted by atomic mass is 15.2. The van der Waals surface area contributed by atoms with E-state index in [-0.39, 0.29) is 5.66 Å². The molecule has 0 amide bonds. The molecular weight excluding hydrogens is 234 g/mol. The molecule has 0 bridgehead atoms. The van der Waals surface area contributed by atoms with Crippen LogP contribution in [0.4, 0.5) is 22.7 Å². The number of nitrogens with one attached hydrogen (secondary N) is 3. The normalized spacial score (nSPS) is 15.3. The number of rotatable bonds is 2. The molecule has 0 radical (unpaired) electrons. The van der Waals surface area contributed by atoms with Gasteiger partial charge in [-0.05, 0) is 51.1 Å². The lowest BCUT2D eigenvalue weighted by molar-refractivity contribution is 0.675. The molecule has 0 saturated carbocycles. The highest BCUT2D eigenvalue weighted by Gasteiger charge is 2.25. The van der Waals surface area contributed by atoms with Crippen LogP contribution < -0.4 is 16.0 Å². The summed E-state index contributed by atoms with van der Waals surface area (Å²) < 4.78 is 0. The fraction of sp³-hybridized carbons (Fsp3) is 0.250. The standard InChI is InChI=1S/C16H19N3/c1-11-4-6-12(7-5-11)17-13-8-9-14-15(10-13)19-16(2,3)18-14/h4-10,17-19H,1-3H3. The molecule has 3 N–H and O–H groups in total. The number of benzene rings is 2. The second kappa shape index (κ2) is 4.19. The van der Waals surface area contributed by atoms with Gasteiger partial charge in [0.2, 0.25) is 0 Å². The van der Waals surface area contributed by atoms with E-state index in [1.165, 1.54) is 5.56 Å². The monoisotopic (exact) mass is 253 g/mol. The van der Waals surface area contributed by atoms with Gasteiger partial charge in [0.25, 0.3) is 0 Å². The van der Waals surface area contributed by atoms with E-state index < -0.39 is 0 Å². The molecule has 0 saturated heterocycles. The van der Waals surface area contributed by atoms with Crippen molar-refractivity contribution >= 4 is 22.7 Å². The molecule has 3 rings (SSSR count). The van der Waals surface area contributed by atoms with Crippen molar-refractivity contribution in [3.63, 3.8) is 0 Å². The van der Waals surface area contributed by atoms with Gasteiger partial charge >= 0.3 is 0 Å². The van der Waals surface area contributed by atoms with Crippen LogP contribution in [0.1, 0.15) is 19.4 Å². The van der Waals surface area contributed by atoms with Gasteiger partial charge in [-0.3, -0.25) is 0 Å². The smallest absolute Gasteiger partial charge is 0.102 e. The molecule has 2 aromatic rings. The predicted octanol–water partition coefficient (Wildman–Crippen LogP) is 4.31. The van der Waals surface area contributed by atoms with Crippen molar-refractivity contribution in [3.05, 3.63) is 48.0 Å². The van der Waals surface area contributed by atoms with Crippen LogP contribution in [0.3, 0.4) is 0 Å². The van der Waals surface area contributed by atoms with E-state index in [0.717, 1.165) is 22.7 Å². The molecule has 1 aliphatic heterocycles. The maximum absolute atomic E-state index is 3.46. The topological polar surface area (TPSA) is 36.1 Å². The van der Waals surface area contributed by atoms with Gasteiger partial charge < -0.3 is 16.0 Å². The number of hydrogen-bond acceptors (Lipinski definition) is 3. The molecule has 1 aliphatic rings. The summed E-state index contributed by atoms with van der Waals surface area (Å²) in [5, 5.41) is 10.3. The fourth-order valence-electron chi connectivity index (χ4n) is 2.34. The summed E-state index contributed by atoms with van der Waals surface area (Å²) in [7, 11) is 0. The highest BCUT2D eigenvalue weighted by molar-refractivity contribution is 5.80. The van der Waals surface area contributed by atoms with E-state index in [2.05, 4.69) is 79.2 Å². The lowest BCUT2D eigenvalue weighted by Crippen LogP contribution is -2.33. The summed E-state index contributed by atoms with van der Waals surface area (Å²) in [6, 6.07) is 14.7. The van der Waals surface area contributed by atoms with E-state index in [9.17, 15) is 0 Å². The number of hydrogen-bond donors (Lipinski definition) is 3. The molecule has 1 heterocycles. The SMILES string of the molecule is Cc1ccc(Nc2ccc3c(c2)NC(C)(C)N3)cc1. The maximum Gasteiger partial charge on any atom is 0.102 e. The van der Waals surface area contributed by atoms with Crippen molar-refractivity contribution in [2.75, 3.05) is 16.0 Å². The quantitative estimate of drug-likeness (QED) is 0.746. The third-order valence-corrected chi connectivity index (χ3v) is 3.25. The first-order valence-corrected chi connectivity index (χ1v) is 6.56. The molecule has 0 fully saturated rings. The summed E-state index contributed by atoms with van der Waals surface area (Å²) in [5.74, 6) is 0. The Morgan fingerprint density at radius 1 is 0.842 bits per heavy atom. The minimum atomic E-state index is -0.0786. The molecule has 3 nitrogen and oxygen atoms in total. The van der Waals surface area contributed by atoms with Gasteiger partial charge in [-0.2, -0.15) is 0 Å². The second-order valence-corrected chi connectivity index (χ2v) is 5.63. The molecule has 0 atom stereocenters. The average Bonchev–Trinajstić information content (AvgIpc) is 2.65. The van der Waals surface area contributed by atoms with E-state index in [4.69, 9.17) is 0 Å². The van der Waals surface area contributed by atoms with Gasteiger partial charge in [0.05, 0.1) is 11.4 Å². The van der Waals surface area contributed by atoms with Crippen LogP contribution in [0.25, 0.3) is 0 Å². The minimum Gasteiger partial charge on any atom is -0.362 e. The predicted molar refractivity (Wildman–Crippen MR) is 82.2 cm³/mol. The van der Waals surface area contributed by atoms with Gasteiger partial charge in [0.1, 0.15) is 5.66 Å². The molecule has 3 heteroatoms. The van der Waals surface area contributed by atoms with Crippen molar-refractivity contribution in [1.82, 2.24) is 0 Å². The fourth-order valence-corrected chi connectivity index (χ4v) is 2.34. The van der Waals surface area contributed by atoms with Gasteiger partial charge in [-0.1, -0.05) is 17.7 Å². The molecule has 98 valence electrons. The first-order valence-electron chi connectivity index (χ1n) is 6.56. The largest absolute Gasteiger partial charge is 0.362 e. The number of fused-ring (bicyclic) bond motifs is 1. The van der Waals surface area contributed by atoms with Crippen LogP contribution in [-0.2, 0) is 0 Å². The second-order valence-electron chi connectivity index (χ2n) is 5.63. The Balaban J connectivity index is 1.82. The summed E-state index contributed by atoms with van der Waals surface area (Å²) in [6.07, 6.45) is 0. The summed E-state index contributed by atoms with van der Waals surface area (Å²) in [4.78, 5) is 0. The Morgan fingerprint density at radius 2 is 1.47 bits per heavy atom. The third-order valence-electron chi connectivity index (χ3n) is 3.25. The third kappa shape index (κ3) is 2.50. The molecule has 19 heavy (non-hydrogen) atoms. The van der Waals surface area contributed by atoms with E-state index >= 15 is 0 Å². The van der Waals surface area contributed by atoms with Crippen molar-refractivity contribution in [2.24, 2.45) is 0 Å². The van der Waals surface area contributed by atoms with Gasteiger partial charge in [0.15, 0.2) is 0 Å². The van der Waals surface area contributed by atoms with Crippen molar-refractivity contribution in [2.45, 2.75) is 26.4 Å². The Kier molecular flexibility index (Phi) is 2.63. The molecular formula is C16H19N3. The molecule has 0 spiro atoms. The molecule has 0 aromatic heterocycles. The first-order chi connectivity index (χ1) is 9.02. The lowest BCUT2D eigenvalue weighted by atomic mass is 10.2. The summed E-state index contributed by atoms with van der Waals surface area (Å²) >= 11 is 0. The Hall–Kier alpha value is -2.16. The van der Waals surface area contributed by atoms with Crippen molar-refractivity contribution in [3.8, 4) is 0 Å². The first kappa shape index (κ1) is 11.9. The Labute approximate surface area is 114 Å². The minimum absolute atomic E-state index is 0.0786. The van der Waals surface area contributed by atoms with E-state index in [1.54, 1.807) is 0 Å². The summed E-state index contributed by atoms with van der Waals surface area (Å²) in [5.41, 5.74) is 5.68. The zero-order valence-corrected chi connectivity index (χ0v) is 11.5. The molecule has 0 unspecified atom stereocenters. The lowest BCUT2D eigenvalue weighted by Gasteiger charge is -2.19. The van der Waals surface area contributed by atoms with Crippen LogP contribution in [-0.4, -0.2) is 5.66 Å². The number of aryl methyl sites for hydroxylation is 1. The Morgan fingerprint density at radius 3 is 2.21 bits per heavy atom. The Bertz CT molecular complexity index is 600. The highest BCUT2D eigenvalue weighted by Crippen LogP contribution is 2.36. The van der Waals surface area contributed by atoms with Crippen LogP contribution >= 0.6 is 0 Å². The van der Waals surface area contributed by atoms with Crippen LogP contribution in [0.15, 0.2) is 42.5 Å². The zero-order chi connectivity index (χ0) is 13.5. The van der Waals surface area contributed by atoms with Crippen LogP contribution in [0.5, 0.6) is 0 Å².